The molecule has 2 aromatic rings. The van der Waals surface area contributed by atoms with Crippen LogP contribution < -0.4 is 37.6 Å². The van der Waals surface area contributed by atoms with E-state index in [1.54, 1.807) is 58.2 Å². The molecule has 1 aromatic heterocycles. The van der Waals surface area contributed by atoms with E-state index < -0.39 is 121 Å². The van der Waals surface area contributed by atoms with Gasteiger partial charge in [0.2, 0.25) is 41.4 Å². The number of carbonyl (C=O) groups is 9. The number of nitrogens with two attached hydrogens (primary N) is 1. The molecule has 1 aliphatic heterocycles. The Morgan fingerprint density at radius 2 is 1.30 bits per heavy atom. The van der Waals surface area contributed by atoms with E-state index in [0.717, 1.165) is 4.90 Å². The smallest absolute Gasteiger partial charge is 0.326 e. The molecular weight excluding hydrogens is 839 g/mol. The quantitative estimate of drug-likeness (QED) is 0.0542. The van der Waals surface area contributed by atoms with Crippen LogP contribution in [-0.2, 0) is 49.6 Å². The topological polar surface area (TPSA) is 352 Å². The lowest BCUT2D eigenvalue weighted by Gasteiger charge is -2.30. The van der Waals surface area contributed by atoms with E-state index in [9.17, 15) is 63.6 Å². The average molecular weight is 902 g/mol. The van der Waals surface area contributed by atoms with Crippen LogP contribution in [0.3, 0.4) is 0 Å². The number of aliphatic hydroxyl groups excluding tert-OH is 2. The molecule has 22 heteroatoms. The third-order valence-corrected chi connectivity index (χ3v) is 10.6. The van der Waals surface area contributed by atoms with E-state index >= 15 is 0 Å². The minimum atomic E-state index is -1.72. The van der Waals surface area contributed by atoms with Crippen molar-refractivity contribution in [2.45, 2.75) is 135 Å². The maximum absolute atomic E-state index is 14.0. The molecule has 0 saturated carbocycles. The summed E-state index contributed by atoms with van der Waals surface area (Å²) in [6.45, 7) is 8.78. The van der Waals surface area contributed by atoms with Gasteiger partial charge in [-0.25, -0.2) is 4.79 Å². The van der Waals surface area contributed by atoms with Gasteiger partial charge in [0, 0.05) is 30.1 Å². The maximum atomic E-state index is 14.0. The van der Waals surface area contributed by atoms with Crippen molar-refractivity contribution in [3.8, 4) is 0 Å². The van der Waals surface area contributed by atoms with Gasteiger partial charge in [-0.1, -0.05) is 45.9 Å². The highest BCUT2D eigenvalue weighted by Crippen LogP contribution is 2.22. The Hall–Kier alpha value is -6.13. The second-order valence-corrected chi connectivity index (χ2v) is 16.9. The summed E-state index contributed by atoms with van der Waals surface area (Å²) in [5, 5.41) is 54.4. The molecule has 13 N–H and O–H groups in total. The second kappa shape index (κ2) is 24.1. The predicted octanol–water partition coefficient (Wildman–Crippen LogP) is -2.02. The van der Waals surface area contributed by atoms with Crippen LogP contribution in [0.2, 0.25) is 0 Å². The van der Waals surface area contributed by atoms with Crippen molar-refractivity contribution in [1.82, 2.24) is 41.8 Å². The third-order valence-electron chi connectivity index (χ3n) is 10.6. The molecule has 9 atom stereocenters. The minimum Gasteiger partial charge on any atom is -0.481 e. The Morgan fingerprint density at radius 3 is 1.89 bits per heavy atom. The van der Waals surface area contributed by atoms with Crippen LogP contribution in [0.25, 0.3) is 10.9 Å². The largest absolute Gasteiger partial charge is 0.481 e. The Morgan fingerprint density at radius 1 is 0.734 bits per heavy atom. The molecule has 1 aromatic carbocycles. The van der Waals surface area contributed by atoms with Crippen LogP contribution in [0.1, 0.15) is 79.2 Å². The lowest BCUT2D eigenvalue weighted by Crippen LogP contribution is -2.60. The number of rotatable bonds is 24. The summed E-state index contributed by atoms with van der Waals surface area (Å²) in [6, 6.07) is -4.11. The molecule has 0 radical (unpaired) electrons. The number of carbonyl (C=O) groups excluding carboxylic acids is 7. The fourth-order valence-electron chi connectivity index (χ4n) is 7.17. The summed E-state index contributed by atoms with van der Waals surface area (Å²) in [6.07, 6.45) is -0.0233. The van der Waals surface area contributed by atoms with E-state index in [2.05, 4.69) is 36.9 Å². The zero-order valence-corrected chi connectivity index (χ0v) is 36.9. The van der Waals surface area contributed by atoms with Gasteiger partial charge in [-0.15, -0.1) is 0 Å². The average Bonchev–Trinajstić information content (AvgIpc) is 3.88. The standard InChI is InChI=1S/C42H63N9O13/c1-20(2)14-27(37(58)49-30(42(63)64)15-21(3)4)47-39(60)32-12-9-13-51(32)41(62)29(17-33(54)55)48-35(56)22(5)45-36(57)28(16-24-18-44-26-11-8-7-10-25(24)26)46-38(59)31(19-52)50-40(61)34(43)23(6)53/h7-8,10-11,18,20-23,27-32,34,44,52-53H,9,12-17,19,43H2,1-6H3,(H,45,57)(H,46,59)(H,47,60)(H,48,56)(H,49,58)(H,50,61)(H,54,55)(H,63,64)/t22-,23+,27-,28-,29-,30-,31-,32-,34-/m0/s1. The van der Waals surface area contributed by atoms with Crippen molar-refractivity contribution in [3.63, 3.8) is 0 Å². The molecule has 7 amide bonds. The molecule has 1 fully saturated rings. The summed E-state index contributed by atoms with van der Waals surface area (Å²) < 4.78 is 0. The van der Waals surface area contributed by atoms with Crippen molar-refractivity contribution in [3.05, 3.63) is 36.0 Å². The molecule has 0 spiro atoms. The number of para-hydroxylation sites is 1. The number of hydrogen-bond acceptors (Lipinski definition) is 12. The first-order chi connectivity index (χ1) is 30.0. The number of amides is 7. The van der Waals surface area contributed by atoms with Gasteiger partial charge in [0.1, 0.15) is 48.3 Å². The Bertz CT molecular complexity index is 2000. The summed E-state index contributed by atoms with van der Waals surface area (Å²) in [5.74, 6) is -9.14. The molecule has 1 aliphatic rings. The number of H-pyrrole nitrogens is 1. The number of aromatic amines is 1. The predicted molar refractivity (Wildman–Crippen MR) is 230 cm³/mol. The molecular formula is C42H63N9O13. The Kier molecular flexibility index (Phi) is 19.6. The number of carboxylic acid groups (broad SMARTS) is 2. The number of aliphatic carboxylic acids is 2. The number of carboxylic acids is 2. The number of benzene rings is 1. The minimum absolute atomic E-state index is 0.00118. The van der Waals surface area contributed by atoms with E-state index in [0.29, 0.717) is 22.9 Å². The molecule has 64 heavy (non-hydrogen) atoms. The van der Waals surface area contributed by atoms with Crippen molar-refractivity contribution < 1.29 is 63.6 Å². The number of nitrogens with one attached hydrogen (secondary N) is 7. The van der Waals surface area contributed by atoms with Crippen LogP contribution in [0, 0.1) is 11.8 Å². The number of aliphatic hydroxyl groups is 2. The van der Waals surface area contributed by atoms with E-state index in [4.69, 9.17) is 5.73 Å². The van der Waals surface area contributed by atoms with E-state index in [-0.39, 0.29) is 44.1 Å². The van der Waals surface area contributed by atoms with Crippen molar-refractivity contribution in [2.24, 2.45) is 17.6 Å². The van der Waals surface area contributed by atoms with Gasteiger partial charge in [-0.2, -0.15) is 0 Å². The van der Waals surface area contributed by atoms with Gasteiger partial charge >= 0.3 is 11.9 Å². The van der Waals surface area contributed by atoms with Crippen molar-refractivity contribution in [2.75, 3.05) is 13.2 Å². The normalized spacial score (nSPS) is 17.5. The molecule has 2 heterocycles. The van der Waals surface area contributed by atoms with Gasteiger partial charge in [-0.3, -0.25) is 38.4 Å². The highest BCUT2D eigenvalue weighted by atomic mass is 16.4. The fraction of sp³-hybridized carbons (Fsp3) is 0.595. The third kappa shape index (κ3) is 15.0. The van der Waals surface area contributed by atoms with Crippen molar-refractivity contribution >= 4 is 64.2 Å². The summed E-state index contributed by atoms with van der Waals surface area (Å²) in [4.78, 5) is 122. The number of aromatic nitrogens is 1. The zero-order valence-electron chi connectivity index (χ0n) is 36.9. The summed E-state index contributed by atoms with van der Waals surface area (Å²) in [7, 11) is 0. The molecule has 22 nitrogen and oxygen atoms in total. The lowest BCUT2D eigenvalue weighted by atomic mass is 10.00. The maximum Gasteiger partial charge on any atom is 0.326 e. The van der Waals surface area contributed by atoms with Crippen LogP contribution in [0.5, 0.6) is 0 Å². The molecule has 1 saturated heterocycles. The summed E-state index contributed by atoms with van der Waals surface area (Å²) >= 11 is 0. The Labute approximate surface area is 370 Å². The SMILES string of the molecule is CC(C)C[C@H](NC(=O)[C@H](CC(C)C)NC(=O)[C@@H]1CCCN1C(=O)[C@H](CC(=O)O)NC(=O)[C@H](C)NC(=O)[C@H](Cc1c[nH]c2ccccc12)NC(=O)[C@H](CO)NC(=O)[C@@H](N)[C@@H](C)O)C(=O)O. The molecule has 0 unspecified atom stereocenters. The Balaban J connectivity index is 1.79. The van der Waals surface area contributed by atoms with Gasteiger partial charge in [0.25, 0.3) is 0 Å². The van der Waals surface area contributed by atoms with Gasteiger partial charge in [0.15, 0.2) is 0 Å². The first-order valence-corrected chi connectivity index (χ1v) is 21.2. The van der Waals surface area contributed by atoms with Gasteiger partial charge in [-0.05, 0) is 63.0 Å². The van der Waals surface area contributed by atoms with Crippen LogP contribution >= 0.6 is 0 Å². The highest BCUT2D eigenvalue weighted by Gasteiger charge is 2.41. The number of likely N-dealkylation sites (tertiary alicyclic amines) is 1. The lowest BCUT2D eigenvalue weighted by molar-refractivity contribution is -0.146. The molecule has 354 valence electrons. The van der Waals surface area contributed by atoms with E-state index in [1.807, 2.05) is 0 Å². The molecule has 3 rings (SSSR count). The van der Waals surface area contributed by atoms with Crippen LogP contribution in [0.15, 0.2) is 30.5 Å². The van der Waals surface area contributed by atoms with Crippen LogP contribution in [-0.4, -0.2) is 151 Å². The monoisotopic (exact) mass is 901 g/mol. The number of hydrogen-bond donors (Lipinski definition) is 12. The van der Waals surface area contributed by atoms with Crippen molar-refractivity contribution in [1.29, 1.82) is 0 Å². The zero-order chi connectivity index (χ0) is 48.0. The number of nitrogens with zero attached hydrogens (tertiary/aromatic N) is 1. The second-order valence-electron chi connectivity index (χ2n) is 16.9. The summed E-state index contributed by atoms with van der Waals surface area (Å²) in [5.41, 5.74) is 6.94. The highest BCUT2D eigenvalue weighted by molar-refractivity contribution is 5.99. The van der Waals surface area contributed by atoms with Gasteiger partial charge < -0.3 is 67.9 Å². The molecule has 0 aliphatic carbocycles. The van der Waals surface area contributed by atoms with Crippen LogP contribution in [0.4, 0.5) is 0 Å². The fourth-order valence-corrected chi connectivity index (χ4v) is 7.17. The first-order valence-electron chi connectivity index (χ1n) is 21.2. The molecule has 0 bridgehead atoms. The first kappa shape index (κ1) is 52.2. The number of fused-ring (bicyclic) bond motifs is 1. The van der Waals surface area contributed by atoms with Gasteiger partial charge in [0.05, 0.1) is 19.1 Å². The van der Waals surface area contributed by atoms with E-state index in [1.165, 1.54) is 13.8 Å².